The van der Waals surface area contributed by atoms with Crippen LogP contribution in [-0.2, 0) is 16.1 Å². The fourth-order valence-corrected chi connectivity index (χ4v) is 2.80. The Hall–Kier alpha value is -1.35. The molecule has 0 saturated carbocycles. The SMILES string of the molecule is CC1CCOC1C(=O)NCc1sccc1C#CCN. The minimum absolute atomic E-state index is 0.0314. The molecule has 1 saturated heterocycles. The number of rotatable bonds is 3. The highest BCUT2D eigenvalue weighted by Gasteiger charge is 2.30. The van der Waals surface area contributed by atoms with Gasteiger partial charge in [0.05, 0.1) is 13.1 Å². The van der Waals surface area contributed by atoms with Crippen LogP contribution in [0.2, 0.25) is 0 Å². The second-order valence-electron chi connectivity index (χ2n) is 4.54. The van der Waals surface area contributed by atoms with Gasteiger partial charge < -0.3 is 15.8 Å². The molecule has 4 nitrogen and oxygen atoms in total. The van der Waals surface area contributed by atoms with Gasteiger partial charge in [0.15, 0.2) is 0 Å². The van der Waals surface area contributed by atoms with Gasteiger partial charge in [-0.3, -0.25) is 4.79 Å². The molecule has 2 rings (SSSR count). The molecule has 1 aliphatic heterocycles. The molecule has 2 unspecified atom stereocenters. The van der Waals surface area contributed by atoms with Gasteiger partial charge in [0, 0.05) is 17.0 Å². The summed E-state index contributed by atoms with van der Waals surface area (Å²) in [6.07, 6.45) is 0.642. The van der Waals surface area contributed by atoms with Crippen LogP contribution in [-0.4, -0.2) is 25.2 Å². The summed E-state index contributed by atoms with van der Waals surface area (Å²) in [4.78, 5) is 13.0. The van der Waals surface area contributed by atoms with E-state index in [2.05, 4.69) is 17.2 Å². The summed E-state index contributed by atoms with van der Waals surface area (Å²) in [6.45, 7) is 3.55. The van der Waals surface area contributed by atoms with Gasteiger partial charge in [0.1, 0.15) is 6.10 Å². The van der Waals surface area contributed by atoms with Gasteiger partial charge in [-0.15, -0.1) is 11.3 Å². The summed E-state index contributed by atoms with van der Waals surface area (Å²) >= 11 is 1.59. The first-order chi connectivity index (χ1) is 9.22. The zero-order valence-electron chi connectivity index (χ0n) is 10.9. The van der Waals surface area contributed by atoms with E-state index >= 15 is 0 Å². The van der Waals surface area contributed by atoms with Crippen LogP contribution >= 0.6 is 11.3 Å². The van der Waals surface area contributed by atoms with Gasteiger partial charge in [-0.05, 0) is 23.8 Å². The van der Waals surface area contributed by atoms with E-state index in [4.69, 9.17) is 10.5 Å². The highest BCUT2D eigenvalue weighted by molar-refractivity contribution is 7.10. The van der Waals surface area contributed by atoms with E-state index in [1.54, 1.807) is 11.3 Å². The summed E-state index contributed by atoms with van der Waals surface area (Å²) < 4.78 is 5.44. The van der Waals surface area contributed by atoms with Gasteiger partial charge in [-0.2, -0.15) is 0 Å². The molecule has 1 amide bonds. The van der Waals surface area contributed by atoms with Crippen molar-refractivity contribution < 1.29 is 9.53 Å². The van der Waals surface area contributed by atoms with Crippen molar-refractivity contribution in [3.05, 3.63) is 21.9 Å². The molecular weight excluding hydrogens is 260 g/mol. The first-order valence-electron chi connectivity index (χ1n) is 6.37. The fourth-order valence-electron chi connectivity index (χ4n) is 2.03. The van der Waals surface area contributed by atoms with Crippen molar-refractivity contribution in [2.75, 3.05) is 13.2 Å². The number of amides is 1. The normalized spacial score (nSPS) is 21.8. The van der Waals surface area contributed by atoms with E-state index in [1.165, 1.54) is 0 Å². The first kappa shape index (κ1) is 14.1. The molecule has 5 heteroatoms. The van der Waals surface area contributed by atoms with E-state index in [-0.39, 0.29) is 12.0 Å². The van der Waals surface area contributed by atoms with Crippen molar-refractivity contribution in [2.24, 2.45) is 11.7 Å². The van der Waals surface area contributed by atoms with Crippen molar-refractivity contribution in [1.82, 2.24) is 5.32 Å². The third kappa shape index (κ3) is 3.57. The first-order valence-corrected chi connectivity index (χ1v) is 7.25. The van der Waals surface area contributed by atoms with Crippen LogP contribution in [0.3, 0.4) is 0 Å². The lowest BCUT2D eigenvalue weighted by Gasteiger charge is -2.14. The van der Waals surface area contributed by atoms with E-state index in [0.717, 1.165) is 16.9 Å². The van der Waals surface area contributed by atoms with Gasteiger partial charge in [-0.1, -0.05) is 18.8 Å². The number of thiophene rings is 1. The molecule has 0 spiro atoms. The average molecular weight is 278 g/mol. The highest BCUT2D eigenvalue weighted by atomic mass is 32.1. The van der Waals surface area contributed by atoms with E-state index in [0.29, 0.717) is 25.6 Å². The maximum absolute atomic E-state index is 12.0. The molecule has 1 aromatic heterocycles. The Kier molecular flexibility index (Phi) is 4.97. The molecule has 102 valence electrons. The third-order valence-corrected chi connectivity index (χ3v) is 4.06. The summed E-state index contributed by atoms with van der Waals surface area (Å²) in [5, 5.41) is 4.89. The van der Waals surface area contributed by atoms with Crippen molar-refractivity contribution >= 4 is 17.2 Å². The largest absolute Gasteiger partial charge is 0.368 e. The Bertz CT molecular complexity index is 501. The Morgan fingerprint density at radius 3 is 3.21 bits per heavy atom. The Labute approximate surface area is 117 Å². The predicted molar refractivity (Wildman–Crippen MR) is 75.6 cm³/mol. The summed E-state index contributed by atoms with van der Waals surface area (Å²) in [5.74, 6) is 6.10. The van der Waals surface area contributed by atoms with E-state index in [9.17, 15) is 4.79 Å². The van der Waals surface area contributed by atoms with E-state index in [1.807, 2.05) is 18.4 Å². The zero-order chi connectivity index (χ0) is 13.7. The summed E-state index contributed by atoms with van der Waals surface area (Å²) in [5.41, 5.74) is 6.30. The number of nitrogens with two attached hydrogens (primary N) is 1. The monoisotopic (exact) mass is 278 g/mol. The van der Waals surface area contributed by atoms with Crippen LogP contribution in [0.1, 0.15) is 23.8 Å². The van der Waals surface area contributed by atoms with Gasteiger partial charge in [0.2, 0.25) is 5.91 Å². The third-order valence-electron chi connectivity index (χ3n) is 3.14. The van der Waals surface area contributed by atoms with Crippen molar-refractivity contribution in [1.29, 1.82) is 0 Å². The lowest BCUT2D eigenvalue weighted by molar-refractivity contribution is -0.131. The fraction of sp³-hybridized carbons (Fsp3) is 0.500. The maximum Gasteiger partial charge on any atom is 0.249 e. The Balaban J connectivity index is 1.92. The molecule has 0 bridgehead atoms. The van der Waals surface area contributed by atoms with Crippen molar-refractivity contribution in [2.45, 2.75) is 26.0 Å². The summed E-state index contributed by atoms with van der Waals surface area (Å²) in [7, 11) is 0. The molecule has 0 radical (unpaired) electrons. The molecule has 1 aliphatic rings. The topological polar surface area (TPSA) is 64.3 Å². The predicted octanol–water partition coefficient (Wildman–Crippen LogP) is 1.10. The number of hydrogen-bond donors (Lipinski definition) is 2. The minimum Gasteiger partial charge on any atom is -0.368 e. The molecule has 1 fully saturated rings. The highest BCUT2D eigenvalue weighted by Crippen LogP contribution is 2.21. The second kappa shape index (κ2) is 6.71. The number of carbonyl (C=O) groups excluding carboxylic acids is 1. The number of hydrogen-bond acceptors (Lipinski definition) is 4. The van der Waals surface area contributed by atoms with Crippen LogP contribution in [0, 0.1) is 17.8 Å². The average Bonchev–Trinajstić information content (AvgIpc) is 3.02. The van der Waals surface area contributed by atoms with Crippen LogP contribution in [0.15, 0.2) is 11.4 Å². The smallest absolute Gasteiger partial charge is 0.249 e. The van der Waals surface area contributed by atoms with E-state index < -0.39 is 0 Å². The lowest BCUT2D eigenvalue weighted by atomic mass is 10.0. The maximum atomic E-state index is 12.0. The number of ether oxygens (including phenoxy) is 1. The Morgan fingerprint density at radius 2 is 2.53 bits per heavy atom. The standard InChI is InChI=1S/C14H18N2O2S/c1-10-4-7-18-13(10)14(17)16-9-12-11(3-2-6-15)5-8-19-12/h5,8,10,13H,4,6-7,9,15H2,1H3,(H,16,17). The quantitative estimate of drug-likeness (QED) is 0.814. The molecule has 2 heterocycles. The van der Waals surface area contributed by atoms with Gasteiger partial charge in [-0.25, -0.2) is 0 Å². The molecule has 1 aromatic rings. The molecule has 2 atom stereocenters. The second-order valence-corrected chi connectivity index (χ2v) is 5.54. The minimum atomic E-state index is -0.307. The zero-order valence-corrected chi connectivity index (χ0v) is 11.8. The van der Waals surface area contributed by atoms with Crippen LogP contribution in [0.25, 0.3) is 0 Å². The van der Waals surface area contributed by atoms with Crippen molar-refractivity contribution in [3.63, 3.8) is 0 Å². The Morgan fingerprint density at radius 1 is 1.68 bits per heavy atom. The number of carbonyl (C=O) groups is 1. The number of nitrogens with one attached hydrogen (secondary N) is 1. The molecule has 0 aliphatic carbocycles. The molecule has 19 heavy (non-hydrogen) atoms. The van der Waals surface area contributed by atoms with Crippen molar-refractivity contribution in [3.8, 4) is 11.8 Å². The molecule has 0 aromatic carbocycles. The lowest BCUT2D eigenvalue weighted by Crippen LogP contribution is -2.36. The molecular formula is C14H18N2O2S. The van der Waals surface area contributed by atoms with Crippen LogP contribution in [0.4, 0.5) is 0 Å². The molecule has 3 N–H and O–H groups in total. The van der Waals surface area contributed by atoms with Gasteiger partial charge >= 0.3 is 0 Å². The van der Waals surface area contributed by atoms with Crippen LogP contribution in [0.5, 0.6) is 0 Å². The van der Waals surface area contributed by atoms with Gasteiger partial charge in [0.25, 0.3) is 0 Å². The van der Waals surface area contributed by atoms with Crippen LogP contribution < -0.4 is 11.1 Å². The summed E-state index contributed by atoms with van der Waals surface area (Å²) in [6, 6.07) is 1.95.